The maximum absolute atomic E-state index is 13.3. The first-order valence-corrected chi connectivity index (χ1v) is 10.7. The lowest BCUT2D eigenvalue weighted by atomic mass is 10.0. The third kappa shape index (κ3) is 3.35. The highest BCUT2D eigenvalue weighted by Crippen LogP contribution is 2.35. The number of methoxy groups -OCH3 is 1. The molecule has 0 radical (unpaired) electrons. The number of likely N-dealkylation sites (N-methyl/N-ethyl adjacent to an activating group) is 1. The largest absolute Gasteiger partial charge is 0.497 e. The Balaban J connectivity index is 1.68. The van der Waals surface area contributed by atoms with Gasteiger partial charge in [-0.3, -0.25) is 4.90 Å². The Bertz CT molecular complexity index is 910. The maximum Gasteiger partial charge on any atom is 0.243 e. The molecular weight excluding hydrogens is 366 g/mol. The molecule has 146 valence electrons. The van der Waals surface area contributed by atoms with Crippen LogP contribution in [0.15, 0.2) is 29.2 Å². The number of ether oxygens (including phenoxy) is 1. The van der Waals surface area contributed by atoms with Crippen LogP contribution in [0.5, 0.6) is 5.75 Å². The lowest BCUT2D eigenvalue weighted by Crippen LogP contribution is -2.40. The summed E-state index contributed by atoms with van der Waals surface area (Å²) in [5.74, 6) is 2.32. The van der Waals surface area contributed by atoms with Crippen LogP contribution < -0.4 is 4.74 Å². The van der Waals surface area contributed by atoms with Crippen molar-refractivity contribution in [3.63, 3.8) is 0 Å². The van der Waals surface area contributed by atoms with Gasteiger partial charge in [0.15, 0.2) is 5.82 Å². The zero-order chi connectivity index (χ0) is 19.0. The molecule has 1 fully saturated rings. The zero-order valence-electron chi connectivity index (χ0n) is 15.7. The fraction of sp³-hybridized carbons (Fsp3) is 0.556. The highest BCUT2D eigenvalue weighted by Gasteiger charge is 2.38. The van der Waals surface area contributed by atoms with Gasteiger partial charge < -0.3 is 9.30 Å². The van der Waals surface area contributed by atoms with Gasteiger partial charge in [-0.05, 0) is 44.2 Å². The summed E-state index contributed by atoms with van der Waals surface area (Å²) in [5.41, 5.74) is 0. The van der Waals surface area contributed by atoms with E-state index in [-0.39, 0.29) is 10.9 Å². The highest BCUT2D eigenvalue weighted by atomic mass is 32.2. The standard InChI is InChI=1S/C18H25N5O3S/c1-21-11-12-22-17(13-21)19-20-18(22)16-5-3-4-10-23(16)27(24,25)15-8-6-14(26-2)7-9-15/h6-9,16H,3-5,10-13H2,1-2H3/t16-/m1/s1. The molecule has 1 aromatic heterocycles. The summed E-state index contributed by atoms with van der Waals surface area (Å²) < 4.78 is 35.5. The average Bonchev–Trinajstić information content (AvgIpc) is 3.11. The zero-order valence-corrected chi connectivity index (χ0v) is 16.5. The number of fused-ring (bicyclic) bond motifs is 1. The van der Waals surface area contributed by atoms with Crippen molar-refractivity contribution in [3.8, 4) is 5.75 Å². The van der Waals surface area contributed by atoms with Crippen LogP contribution in [-0.2, 0) is 23.1 Å². The topological polar surface area (TPSA) is 80.6 Å². The molecule has 1 atom stereocenters. The molecule has 0 N–H and O–H groups in total. The average molecular weight is 391 g/mol. The van der Waals surface area contributed by atoms with Gasteiger partial charge in [-0.2, -0.15) is 4.31 Å². The van der Waals surface area contributed by atoms with Crippen LogP contribution in [0.4, 0.5) is 0 Å². The van der Waals surface area contributed by atoms with Crippen molar-refractivity contribution in [3.05, 3.63) is 35.9 Å². The summed E-state index contributed by atoms with van der Waals surface area (Å²) in [6.07, 6.45) is 2.61. The molecule has 2 aromatic rings. The molecule has 0 aliphatic carbocycles. The van der Waals surface area contributed by atoms with Crippen LogP contribution in [0.25, 0.3) is 0 Å². The first-order valence-electron chi connectivity index (χ1n) is 9.27. The lowest BCUT2D eigenvalue weighted by Gasteiger charge is -2.35. The van der Waals surface area contributed by atoms with Gasteiger partial charge in [-0.25, -0.2) is 8.42 Å². The summed E-state index contributed by atoms with van der Waals surface area (Å²) in [5, 5.41) is 8.73. The minimum atomic E-state index is -3.61. The van der Waals surface area contributed by atoms with Crippen molar-refractivity contribution in [2.75, 3.05) is 27.2 Å². The predicted molar refractivity (Wildman–Crippen MR) is 99.8 cm³/mol. The van der Waals surface area contributed by atoms with Gasteiger partial charge in [0.2, 0.25) is 10.0 Å². The van der Waals surface area contributed by atoms with Gasteiger partial charge in [0.25, 0.3) is 0 Å². The maximum atomic E-state index is 13.3. The van der Waals surface area contributed by atoms with Crippen LogP contribution in [-0.4, -0.2) is 59.6 Å². The van der Waals surface area contributed by atoms with Gasteiger partial charge in [0.1, 0.15) is 11.6 Å². The van der Waals surface area contributed by atoms with E-state index >= 15 is 0 Å². The molecule has 4 rings (SSSR count). The summed E-state index contributed by atoms with van der Waals surface area (Å²) in [7, 11) is 0.00671. The van der Waals surface area contributed by atoms with Gasteiger partial charge in [0, 0.05) is 19.6 Å². The number of piperidine rings is 1. The van der Waals surface area contributed by atoms with Crippen LogP contribution in [0.1, 0.15) is 37.0 Å². The molecule has 3 heterocycles. The molecule has 0 unspecified atom stereocenters. The van der Waals surface area contributed by atoms with Crippen LogP contribution in [0.2, 0.25) is 0 Å². The Morgan fingerprint density at radius 3 is 2.59 bits per heavy atom. The minimum Gasteiger partial charge on any atom is -0.497 e. The summed E-state index contributed by atoms with van der Waals surface area (Å²) >= 11 is 0. The molecule has 0 saturated carbocycles. The Kier molecular flexibility index (Phi) is 4.92. The first kappa shape index (κ1) is 18.4. The van der Waals surface area contributed by atoms with E-state index in [4.69, 9.17) is 4.74 Å². The summed E-state index contributed by atoms with van der Waals surface area (Å²) in [6.45, 7) is 2.95. The quantitative estimate of drug-likeness (QED) is 0.788. The minimum absolute atomic E-state index is 0.268. The monoisotopic (exact) mass is 391 g/mol. The number of hydrogen-bond acceptors (Lipinski definition) is 6. The first-order chi connectivity index (χ1) is 13.0. The van der Waals surface area contributed by atoms with Crippen molar-refractivity contribution in [2.24, 2.45) is 0 Å². The molecule has 2 aliphatic rings. The number of nitrogens with zero attached hydrogens (tertiary/aromatic N) is 5. The molecule has 1 aromatic carbocycles. The second-order valence-corrected chi connectivity index (χ2v) is 9.06. The van der Waals surface area contributed by atoms with E-state index in [0.29, 0.717) is 12.3 Å². The van der Waals surface area contributed by atoms with E-state index in [9.17, 15) is 8.42 Å². The van der Waals surface area contributed by atoms with Crippen molar-refractivity contribution in [2.45, 2.75) is 43.3 Å². The molecule has 0 amide bonds. The van der Waals surface area contributed by atoms with E-state index in [1.807, 2.05) is 0 Å². The number of hydrogen-bond donors (Lipinski definition) is 0. The number of benzene rings is 1. The van der Waals surface area contributed by atoms with Crippen molar-refractivity contribution in [1.29, 1.82) is 0 Å². The van der Waals surface area contributed by atoms with E-state index in [1.54, 1.807) is 35.7 Å². The van der Waals surface area contributed by atoms with Gasteiger partial charge in [0.05, 0.1) is 24.6 Å². The van der Waals surface area contributed by atoms with Crippen molar-refractivity contribution >= 4 is 10.0 Å². The predicted octanol–water partition coefficient (Wildman–Crippen LogP) is 1.65. The van der Waals surface area contributed by atoms with Crippen LogP contribution >= 0.6 is 0 Å². The van der Waals surface area contributed by atoms with Crippen molar-refractivity contribution in [1.82, 2.24) is 24.0 Å². The smallest absolute Gasteiger partial charge is 0.243 e. The van der Waals surface area contributed by atoms with Gasteiger partial charge in [-0.15, -0.1) is 10.2 Å². The molecule has 8 nitrogen and oxygen atoms in total. The molecule has 1 saturated heterocycles. The Morgan fingerprint density at radius 2 is 1.85 bits per heavy atom. The number of sulfonamides is 1. The Morgan fingerprint density at radius 1 is 1.07 bits per heavy atom. The number of rotatable bonds is 4. The van der Waals surface area contributed by atoms with Gasteiger partial charge in [-0.1, -0.05) is 6.42 Å². The van der Waals surface area contributed by atoms with E-state index < -0.39 is 10.0 Å². The fourth-order valence-electron chi connectivity index (χ4n) is 3.88. The molecule has 0 spiro atoms. The molecule has 2 aliphatic heterocycles. The molecule has 9 heteroatoms. The van der Waals surface area contributed by atoms with Gasteiger partial charge >= 0.3 is 0 Å². The molecule has 27 heavy (non-hydrogen) atoms. The third-order valence-corrected chi connectivity index (χ3v) is 7.31. The molecule has 0 bridgehead atoms. The van der Waals surface area contributed by atoms with Crippen molar-refractivity contribution < 1.29 is 13.2 Å². The highest BCUT2D eigenvalue weighted by molar-refractivity contribution is 7.89. The second kappa shape index (κ2) is 7.21. The third-order valence-electron chi connectivity index (χ3n) is 5.39. The lowest BCUT2D eigenvalue weighted by molar-refractivity contribution is 0.224. The second-order valence-electron chi connectivity index (χ2n) is 7.17. The molecular formula is C18H25N5O3S. The fourth-order valence-corrected chi connectivity index (χ4v) is 5.54. The SMILES string of the molecule is COc1ccc(S(=O)(=O)N2CCCC[C@@H]2c2nnc3n2CCN(C)C3)cc1. The summed E-state index contributed by atoms with van der Waals surface area (Å²) in [4.78, 5) is 2.48. The van der Waals surface area contributed by atoms with Crippen LogP contribution in [0.3, 0.4) is 0 Å². The Hall–Kier alpha value is -1.97. The van der Waals surface area contributed by atoms with Crippen LogP contribution in [0, 0.1) is 0 Å². The summed E-state index contributed by atoms with van der Waals surface area (Å²) in [6, 6.07) is 6.30. The normalized spacial score (nSPS) is 21.8. The van der Waals surface area contributed by atoms with E-state index in [1.165, 1.54) is 0 Å². The van der Waals surface area contributed by atoms with E-state index in [2.05, 4.69) is 26.7 Å². The van der Waals surface area contributed by atoms with E-state index in [0.717, 1.165) is 50.5 Å². The Labute approximate surface area is 159 Å². The number of aromatic nitrogens is 3.